The van der Waals surface area contributed by atoms with E-state index in [1.54, 1.807) is 12.1 Å². The number of aliphatic carboxylic acids is 1. The zero-order valence-corrected chi connectivity index (χ0v) is 15.6. The summed E-state index contributed by atoms with van der Waals surface area (Å²) in [6.07, 6.45) is 5.96. The van der Waals surface area contributed by atoms with Gasteiger partial charge in [-0.15, -0.1) is 0 Å². The van der Waals surface area contributed by atoms with Crippen LogP contribution in [-0.2, 0) is 4.79 Å². The smallest absolute Gasteiger partial charge is 0.329 e. The summed E-state index contributed by atoms with van der Waals surface area (Å²) in [6.45, 7) is 0. The Morgan fingerprint density at radius 2 is 1.89 bits per heavy atom. The lowest BCUT2D eigenvalue weighted by Crippen LogP contribution is -2.48. The quantitative estimate of drug-likeness (QED) is 0.666. The van der Waals surface area contributed by atoms with Gasteiger partial charge in [-0.05, 0) is 54.2 Å². The molecule has 3 aromatic rings. The third-order valence-corrected chi connectivity index (χ3v) is 6.15. The summed E-state index contributed by atoms with van der Waals surface area (Å²) < 4.78 is 5.32. The Morgan fingerprint density at radius 1 is 1.15 bits per heavy atom. The van der Waals surface area contributed by atoms with E-state index >= 15 is 0 Å². The molecule has 0 unspecified atom stereocenters. The van der Waals surface area contributed by atoms with E-state index in [1.807, 2.05) is 30.5 Å². The molecule has 0 bridgehead atoms. The minimum absolute atomic E-state index is 0.596. The first kappa shape index (κ1) is 17.5. The van der Waals surface area contributed by atoms with Crippen LogP contribution in [0.2, 0.25) is 0 Å². The molecule has 2 N–H and O–H groups in total. The molecule has 1 aliphatic rings. The number of anilines is 1. The van der Waals surface area contributed by atoms with Crippen LogP contribution in [-0.4, -0.2) is 21.0 Å². The molecule has 1 saturated carbocycles. The number of carboxylic acid groups (broad SMARTS) is 1. The molecule has 6 heteroatoms. The zero-order chi connectivity index (χ0) is 18.9. The predicted molar refractivity (Wildman–Crippen MR) is 107 cm³/mol. The number of fused-ring (bicyclic) bond motifs is 1. The Balaban J connectivity index is 1.85. The number of benzene rings is 2. The third kappa shape index (κ3) is 3.15. The van der Waals surface area contributed by atoms with E-state index in [1.165, 1.54) is 11.5 Å². The van der Waals surface area contributed by atoms with Crippen LogP contribution in [0.4, 0.5) is 5.69 Å². The summed E-state index contributed by atoms with van der Waals surface area (Å²) in [6, 6.07) is 13.4. The molecular formula is C21H19N3O2S. The van der Waals surface area contributed by atoms with Crippen molar-refractivity contribution >= 4 is 33.3 Å². The highest BCUT2D eigenvalue weighted by Crippen LogP contribution is 2.41. The van der Waals surface area contributed by atoms with Gasteiger partial charge in [-0.2, -0.15) is 9.64 Å². The van der Waals surface area contributed by atoms with E-state index in [4.69, 9.17) is 5.26 Å². The zero-order valence-electron chi connectivity index (χ0n) is 14.7. The Morgan fingerprint density at radius 3 is 2.56 bits per heavy atom. The SMILES string of the molecule is N#Cc1ccc(-c2c(NC3(C(=O)O)CCCCC3)ccc3cnsc23)cc1. The van der Waals surface area contributed by atoms with E-state index in [0.717, 1.165) is 46.2 Å². The molecule has 4 rings (SSSR count). The molecular weight excluding hydrogens is 358 g/mol. The van der Waals surface area contributed by atoms with Crippen LogP contribution in [0.15, 0.2) is 42.6 Å². The summed E-state index contributed by atoms with van der Waals surface area (Å²) in [4.78, 5) is 12.1. The van der Waals surface area contributed by atoms with Crippen molar-refractivity contribution in [1.82, 2.24) is 4.37 Å². The standard InChI is InChI=1S/C21H19N3O2S/c22-12-14-4-6-15(7-5-14)18-17(9-8-16-13-23-27-19(16)18)24-21(20(25)26)10-2-1-3-11-21/h4-9,13,24H,1-3,10-11H2,(H,25,26). The van der Waals surface area contributed by atoms with Gasteiger partial charge >= 0.3 is 5.97 Å². The maximum atomic E-state index is 12.1. The summed E-state index contributed by atoms with van der Waals surface area (Å²) >= 11 is 1.40. The Kier molecular flexibility index (Phi) is 4.54. The Bertz CT molecular complexity index is 1030. The van der Waals surface area contributed by atoms with Gasteiger partial charge in [-0.1, -0.05) is 31.4 Å². The van der Waals surface area contributed by atoms with Crippen LogP contribution in [0, 0.1) is 11.3 Å². The predicted octanol–water partition coefficient (Wildman–Crippen LogP) is 5.03. The monoisotopic (exact) mass is 377 g/mol. The van der Waals surface area contributed by atoms with Crippen LogP contribution in [0.5, 0.6) is 0 Å². The van der Waals surface area contributed by atoms with E-state index in [-0.39, 0.29) is 0 Å². The van der Waals surface area contributed by atoms with Gasteiger partial charge in [0.25, 0.3) is 0 Å². The van der Waals surface area contributed by atoms with Gasteiger partial charge in [0.15, 0.2) is 0 Å². The van der Waals surface area contributed by atoms with Gasteiger partial charge < -0.3 is 10.4 Å². The molecule has 1 aliphatic carbocycles. The second-order valence-electron chi connectivity index (χ2n) is 6.99. The molecule has 2 aromatic carbocycles. The largest absolute Gasteiger partial charge is 0.480 e. The van der Waals surface area contributed by atoms with Crippen LogP contribution < -0.4 is 5.32 Å². The summed E-state index contributed by atoms with van der Waals surface area (Å²) in [7, 11) is 0. The van der Waals surface area contributed by atoms with Crippen LogP contribution >= 0.6 is 11.5 Å². The number of carbonyl (C=O) groups is 1. The van der Waals surface area contributed by atoms with Gasteiger partial charge in [0.05, 0.1) is 16.3 Å². The molecule has 0 atom stereocenters. The van der Waals surface area contributed by atoms with Crippen molar-refractivity contribution in [2.24, 2.45) is 0 Å². The maximum Gasteiger partial charge on any atom is 0.329 e. The van der Waals surface area contributed by atoms with Crippen molar-refractivity contribution in [2.45, 2.75) is 37.6 Å². The molecule has 0 spiro atoms. The molecule has 1 heterocycles. The summed E-state index contributed by atoms with van der Waals surface area (Å²) in [5, 5.41) is 23.4. The molecule has 0 radical (unpaired) electrons. The lowest BCUT2D eigenvalue weighted by Gasteiger charge is -2.35. The lowest BCUT2D eigenvalue weighted by atomic mass is 9.81. The summed E-state index contributed by atoms with van der Waals surface area (Å²) in [5.74, 6) is -0.794. The molecule has 0 amide bonds. The van der Waals surface area contributed by atoms with Crippen molar-refractivity contribution in [3.8, 4) is 17.2 Å². The fourth-order valence-corrected chi connectivity index (χ4v) is 4.66. The van der Waals surface area contributed by atoms with Crippen LogP contribution in [0.25, 0.3) is 21.2 Å². The van der Waals surface area contributed by atoms with E-state index in [9.17, 15) is 9.90 Å². The fraction of sp³-hybridized carbons (Fsp3) is 0.286. The highest BCUT2D eigenvalue weighted by Gasteiger charge is 2.40. The lowest BCUT2D eigenvalue weighted by molar-refractivity contribution is -0.143. The number of nitriles is 1. The fourth-order valence-electron chi connectivity index (χ4n) is 3.84. The molecule has 5 nitrogen and oxygen atoms in total. The van der Waals surface area contributed by atoms with Gasteiger partial charge in [-0.25, -0.2) is 4.79 Å². The molecule has 27 heavy (non-hydrogen) atoms. The first-order valence-corrected chi connectivity index (χ1v) is 9.80. The van der Waals surface area contributed by atoms with Gasteiger partial charge in [-0.3, -0.25) is 0 Å². The van der Waals surface area contributed by atoms with Crippen LogP contribution in [0.1, 0.15) is 37.7 Å². The van der Waals surface area contributed by atoms with E-state index in [0.29, 0.717) is 18.4 Å². The van der Waals surface area contributed by atoms with Crippen molar-refractivity contribution in [3.05, 3.63) is 48.2 Å². The summed E-state index contributed by atoms with van der Waals surface area (Å²) in [5.41, 5.74) is 2.37. The van der Waals surface area contributed by atoms with E-state index in [2.05, 4.69) is 15.8 Å². The highest BCUT2D eigenvalue weighted by atomic mass is 32.1. The van der Waals surface area contributed by atoms with Gasteiger partial charge in [0, 0.05) is 22.8 Å². The number of nitrogens with zero attached hydrogens (tertiary/aromatic N) is 2. The average molecular weight is 377 g/mol. The highest BCUT2D eigenvalue weighted by molar-refractivity contribution is 7.14. The maximum absolute atomic E-state index is 12.1. The Hall–Kier alpha value is -2.91. The number of hydrogen-bond acceptors (Lipinski definition) is 5. The molecule has 1 fully saturated rings. The topological polar surface area (TPSA) is 86.0 Å². The van der Waals surface area contributed by atoms with E-state index < -0.39 is 11.5 Å². The number of rotatable bonds is 4. The third-order valence-electron chi connectivity index (χ3n) is 5.32. The minimum Gasteiger partial charge on any atom is -0.480 e. The van der Waals surface area contributed by atoms with Crippen molar-refractivity contribution in [1.29, 1.82) is 5.26 Å². The number of carboxylic acids is 1. The first-order valence-electron chi connectivity index (χ1n) is 9.02. The molecule has 136 valence electrons. The average Bonchev–Trinajstić information content (AvgIpc) is 3.17. The van der Waals surface area contributed by atoms with Gasteiger partial charge in [0.1, 0.15) is 5.54 Å². The first-order chi connectivity index (χ1) is 13.1. The second kappa shape index (κ2) is 7.01. The normalized spacial score (nSPS) is 16.0. The molecule has 1 aromatic heterocycles. The van der Waals surface area contributed by atoms with Gasteiger partial charge in [0.2, 0.25) is 0 Å². The van der Waals surface area contributed by atoms with Crippen molar-refractivity contribution in [2.75, 3.05) is 5.32 Å². The number of aromatic nitrogens is 1. The van der Waals surface area contributed by atoms with Crippen molar-refractivity contribution in [3.63, 3.8) is 0 Å². The molecule has 0 saturated heterocycles. The number of nitrogens with one attached hydrogen (secondary N) is 1. The second-order valence-corrected chi connectivity index (χ2v) is 7.80. The minimum atomic E-state index is -0.933. The Labute approximate surface area is 161 Å². The number of hydrogen-bond donors (Lipinski definition) is 2. The van der Waals surface area contributed by atoms with Crippen molar-refractivity contribution < 1.29 is 9.90 Å². The van der Waals surface area contributed by atoms with Crippen LogP contribution in [0.3, 0.4) is 0 Å². The molecule has 0 aliphatic heterocycles.